The van der Waals surface area contributed by atoms with E-state index < -0.39 is 96.8 Å². The molecule has 1 aliphatic rings. The Kier molecular flexibility index (Phi) is 17.5. The molecule has 3 heterocycles. The Morgan fingerprint density at radius 3 is 2.31 bits per heavy atom. The van der Waals surface area contributed by atoms with E-state index in [1.54, 1.807) is 0 Å². The second-order valence-electron chi connectivity index (χ2n) is 12.9. The molecule has 7 atom stereocenters. The lowest BCUT2D eigenvalue weighted by Crippen LogP contribution is -2.66. The number of aliphatic carboxylic acids is 2. The fourth-order valence-corrected chi connectivity index (χ4v) is 7.32. The summed E-state index contributed by atoms with van der Waals surface area (Å²) in [4.78, 5) is 113. The average molecular weight is 894 g/mol. The number of nitrogen functional groups attached to an aromatic ring is 1. The van der Waals surface area contributed by atoms with Gasteiger partial charge >= 0.3 is 11.9 Å². The van der Waals surface area contributed by atoms with Crippen LogP contribution in [-0.4, -0.2) is 157 Å². The van der Waals surface area contributed by atoms with Gasteiger partial charge in [-0.2, -0.15) is 4.98 Å². The quantitative estimate of drug-likeness (QED) is 0.0361. The lowest BCUT2D eigenvalue weighted by molar-refractivity contribution is -0.252. The Balaban J connectivity index is 1.25. The number of rotatable bonds is 21. The first-order chi connectivity index (χ1) is 29.0. The number of aromatic amines is 1. The van der Waals surface area contributed by atoms with Crippen molar-refractivity contribution in [3.63, 3.8) is 0 Å². The minimum atomic E-state index is -1.93. The third-order valence-corrected chi connectivity index (χ3v) is 10.9. The predicted molar refractivity (Wildman–Crippen MR) is 215 cm³/mol. The molecule has 1 aromatic carbocycles. The maximum Gasteiger partial charge on any atom is 0.328 e. The molecule has 25 nitrogen and oxygen atoms in total. The van der Waals surface area contributed by atoms with Gasteiger partial charge in [0.2, 0.25) is 23.7 Å². The van der Waals surface area contributed by atoms with E-state index in [-0.39, 0.29) is 47.3 Å². The van der Waals surface area contributed by atoms with E-state index >= 15 is 0 Å². The highest BCUT2D eigenvalue weighted by atomic mass is 33.1. The first-order valence-electron chi connectivity index (χ1n) is 18.0. The number of fused-ring (bicyclic) bond motifs is 1. The van der Waals surface area contributed by atoms with Gasteiger partial charge in [0.15, 0.2) is 23.6 Å². The number of anilines is 2. The smallest absolute Gasteiger partial charge is 0.328 e. The van der Waals surface area contributed by atoms with Gasteiger partial charge in [-0.05, 0) is 24.3 Å². The number of carbonyl (C=O) groups is 7. The topological polar surface area (TPSA) is 389 Å². The largest absolute Gasteiger partial charge is 0.480 e. The van der Waals surface area contributed by atoms with Gasteiger partial charge in [-0.25, -0.2) is 19.6 Å². The zero-order valence-electron chi connectivity index (χ0n) is 32.3. The molecule has 27 heteroatoms. The molecule has 4 rings (SSSR count). The summed E-state index contributed by atoms with van der Waals surface area (Å²) < 4.78 is 10.7. The van der Waals surface area contributed by atoms with Crippen LogP contribution in [0.4, 0.5) is 11.6 Å². The second-order valence-corrected chi connectivity index (χ2v) is 15.5. The molecule has 1 aliphatic heterocycles. The van der Waals surface area contributed by atoms with Crippen molar-refractivity contribution in [1.82, 2.24) is 46.5 Å². The highest BCUT2D eigenvalue weighted by Crippen LogP contribution is 2.24. The maximum absolute atomic E-state index is 13.0. The molecule has 0 bridgehead atoms. The maximum atomic E-state index is 13.0. The normalized spacial score (nSPS) is 19.4. The molecule has 0 aliphatic carbocycles. The van der Waals surface area contributed by atoms with Gasteiger partial charge in [0, 0.05) is 44.1 Å². The summed E-state index contributed by atoms with van der Waals surface area (Å²) in [5, 5.41) is 55.3. The van der Waals surface area contributed by atoms with Crippen LogP contribution in [0.5, 0.6) is 0 Å². The van der Waals surface area contributed by atoms with E-state index in [1.807, 2.05) is 0 Å². The number of methoxy groups -OCH3 is 1. The molecule has 0 radical (unpaired) electrons. The SMILES string of the molecule is CNC(=O)CSSCCC(=O)N[C@H]1C(O)[C@H](O)C(C(=O)NC[C@H](NC(=O)C[C@H](NC(=O)c2ccc(NCc3cnc4nc(N)[nH]c(=O)c4n3)cc2)C(=O)O)C(=O)O)O[C@H]1OC. The van der Waals surface area contributed by atoms with Crippen LogP contribution >= 0.6 is 21.6 Å². The number of carboxylic acid groups (broad SMARTS) is 2. The summed E-state index contributed by atoms with van der Waals surface area (Å²) >= 11 is 0. The predicted octanol–water partition coefficient (Wildman–Crippen LogP) is -3.74. The van der Waals surface area contributed by atoms with Crippen LogP contribution in [0.1, 0.15) is 28.9 Å². The number of aliphatic hydroxyl groups is 2. The van der Waals surface area contributed by atoms with Gasteiger partial charge < -0.3 is 67.5 Å². The molecule has 0 saturated carbocycles. The molecule has 3 aromatic rings. The zero-order valence-corrected chi connectivity index (χ0v) is 33.9. The molecule has 5 amide bonds. The van der Waals surface area contributed by atoms with Gasteiger partial charge in [0.1, 0.15) is 30.3 Å². The number of nitrogens with one attached hydrogen (secondary N) is 7. The van der Waals surface area contributed by atoms with E-state index in [9.17, 15) is 58.8 Å². The van der Waals surface area contributed by atoms with E-state index in [2.05, 4.69) is 51.8 Å². The molecule has 2 unspecified atom stereocenters. The van der Waals surface area contributed by atoms with Crippen molar-refractivity contribution in [2.75, 3.05) is 43.3 Å². The second kappa shape index (κ2) is 22.5. The minimum absolute atomic E-state index is 0.00918. The lowest BCUT2D eigenvalue weighted by Gasteiger charge is -2.41. The van der Waals surface area contributed by atoms with Crippen molar-refractivity contribution >= 4 is 85.9 Å². The molecule has 61 heavy (non-hydrogen) atoms. The van der Waals surface area contributed by atoms with Crippen molar-refractivity contribution in [2.45, 2.75) is 62.1 Å². The number of benzene rings is 1. The molecule has 1 saturated heterocycles. The summed E-state index contributed by atoms with van der Waals surface area (Å²) in [6.45, 7) is -0.673. The number of nitrogens with zero attached hydrogens (tertiary/aromatic N) is 3. The van der Waals surface area contributed by atoms with Crippen LogP contribution in [-0.2, 0) is 44.8 Å². The number of hydrogen-bond acceptors (Lipinski definition) is 19. The molecule has 2 aromatic heterocycles. The number of hydrogen-bond donors (Lipinski definition) is 12. The van der Waals surface area contributed by atoms with E-state index in [0.717, 1.165) is 7.11 Å². The highest BCUT2D eigenvalue weighted by Gasteiger charge is 2.48. The summed E-state index contributed by atoms with van der Waals surface area (Å²) in [5.74, 6) is -6.76. The zero-order chi connectivity index (χ0) is 44.8. The van der Waals surface area contributed by atoms with E-state index in [1.165, 1.54) is 59.1 Å². The van der Waals surface area contributed by atoms with E-state index in [0.29, 0.717) is 17.1 Å². The van der Waals surface area contributed by atoms with Crippen molar-refractivity contribution < 1.29 is 63.5 Å². The van der Waals surface area contributed by atoms with Crippen molar-refractivity contribution in [2.24, 2.45) is 0 Å². The first-order valence-corrected chi connectivity index (χ1v) is 20.5. The van der Waals surface area contributed by atoms with Gasteiger partial charge in [-0.1, -0.05) is 21.6 Å². The Bertz CT molecular complexity index is 2150. The summed E-state index contributed by atoms with van der Waals surface area (Å²) in [7, 11) is 5.14. The minimum Gasteiger partial charge on any atom is -0.480 e. The van der Waals surface area contributed by atoms with Gasteiger partial charge in [0.25, 0.3) is 17.4 Å². The summed E-state index contributed by atoms with van der Waals surface area (Å²) in [5.41, 5.74) is 5.91. The standard InChI is InChI=1S/C34H43N11O14S2/c1-36-21(48)13-61-60-8-7-19(46)43-22-24(49)25(50)26(59-33(22)58-2)30(53)39-12-18(32(56)57)41-20(47)9-17(31(54)55)42-28(51)14-3-5-15(6-4-14)37-10-16-11-38-27-23(40-16)29(52)45-34(35)44-27/h3-6,11,17-18,22,24-26,33,37,49-50H,7-10,12-13H2,1-2H3,(H,36,48)(H,39,53)(H,41,47)(H,42,51)(H,43,46)(H,54,55)(H,56,57)(H3,35,38,44,45,52)/t17-,18-,22-,24?,25-,26?,33+/m0/s1. The summed E-state index contributed by atoms with van der Waals surface area (Å²) in [6, 6.07) is 0.756. The monoisotopic (exact) mass is 893 g/mol. The fraction of sp³-hybridized carbons (Fsp3) is 0.441. The average Bonchev–Trinajstić information content (AvgIpc) is 3.22. The molecular weight excluding hydrogens is 851 g/mol. The fourth-order valence-electron chi connectivity index (χ4n) is 5.43. The number of ether oxygens (including phenoxy) is 2. The van der Waals surface area contributed by atoms with Gasteiger partial charge in [-0.3, -0.25) is 33.8 Å². The van der Waals surface area contributed by atoms with Crippen molar-refractivity contribution in [3.8, 4) is 0 Å². The number of nitrogens with two attached hydrogens (primary N) is 1. The van der Waals surface area contributed by atoms with Gasteiger partial charge in [-0.15, -0.1) is 0 Å². The van der Waals surface area contributed by atoms with Crippen LogP contribution < -0.4 is 43.2 Å². The third kappa shape index (κ3) is 13.7. The van der Waals surface area contributed by atoms with Crippen LogP contribution in [0.15, 0.2) is 35.3 Å². The van der Waals surface area contributed by atoms with Gasteiger partial charge in [0.05, 0.1) is 30.6 Å². The number of carboxylic acids is 2. The lowest BCUT2D eigenvalue weighted by atomic mass is 9.96. The number of aliphatic hydroxyl groups excluding tert-OH is 2. The van der Waals surface area contributed by atoms with Crippen LogP contribution in [0.3, 0.4) is 0 Å². The van der Waals surface area contributed by atoms with E-state index in [4.69, 9.17) is 15.2 Å². The summed E-state index contributed by atoms with van der Waals surface area (Å²) in [6.07, 6.45) is -6.54. The van der Waals surface area contributed by atoms with Crippen molar-refractivity contribution in [3.05, 3.63) is 52.1 Å². The third-order valence-electron chi connectivity index (χ3n) is 8.60. The molecule has 13 N–H and O–H groups in total. The molecule has 0 spiro atoms. The number of aromatic nitrogens is 4. The first kappa shape index (κ1) is 47.5. The Morgan fingerprint density at radius 1 is 0.951 bits per heavy atom. The Hall–Kier alpha value is -6.13. The molecule has 330 valence electrons. The molecular formula is C34H43N11O14S2. The van der Waals surface area contributed by atoms with Crippen LogP contribution in [0, 0.1) is 0 Å². The van der Waals surface area contributed by atoms with Crippen LogP contribution in [0.2, 0.25) is 0 Å². The Morgan fingerprint density at radius 2 is 1.66 bits per heavy atom. The Labute approximate surface area is 352 Å². The number of H-pyrrole nitrogens is 1. The number of amides is 5. The number of carbonyl (C=O) groups excluding carboxylic acids is 5. The van der Waals surface area contributed by atoms with Crippen molar-refractivity contribution in [1.29, 1.82) is 0 Å². The van der Waals surface area contributed by atoms with Crippen LogP contribution in [0.25, 0.3) is 11.2 Å². The highest BCUT2D eigenvalue weighted by molar-refractivity contribution is 8.76. The molecule has 1 fully saturated rings.